The van der Waals surface area contributed by atoms with E-state index in [9.17, 15) is 9.59 Å². The minimum absolute atomic E-state index is 0.343. The first-order valence-corrected chi connectivity index (χ1v) is 9.50. The van der Waals surface area contributed by atoms with Crippen LogP contribution >= 0.6 is 12.2 Å². The number of nitrogens with one attached hydrogen (secondary N) is 2. The average molecular weight is 365 g/mol. The lowest BCUT2D eigenvalue weighted by atomic mass is 9.95. The van der Waals surface area contributed by atoms with E-state index in [1.165, 1.54) is 19.3 Å². The van der Waals surface area contributed by atoms with Crippen LogP contribution in [-0.4, -0.2) is 28.0 Å². The van der Waals surface area contributed by atoms with Crippen molar-refractivity contribution in [3.8, 4) is 0 Å². The van der Waals surface area contributed by atoms with Gasteiger partial charge in [0.05, 0.1) is 11.1 Å². The van der Waals surface area contributed by atoms with Crippen LogP contribution in [0.2, 0.25) is 0 Å². The normalized spacial score (nSPS) is 26.5. The van der Waals surface area contributed by atoms with Gasteiger partial charge < -0.3 is 5.32 Å². The molecule has 1 heterocycles. The largest absolute Gasteiger partial charge is 0.358 e. The SMILES string of the molecule is O=C1c2cccc3cccc(c23)C(=O)N1NC(=S)N[C@H]1C[C@@H]2CC[C@@H]1C2. The Morgan fingerprint density at radius 3 is 2.27 bits per heavy atom. The van der Waals surface area contributed by atoms with E-state index in [4.69, 9.17) is 12.2 Å². The van der Waals surface area contributed by atoms with E-state index in [1.54, 1.807) is 12.1 Å². The summed E-state index contributed by atoms with van der Waals surface area (Å²) in [5.74, 6) is 0.720. The Morgan fingerprint density at radius 2 is 1.69 bits per heavy atom. The summed E-state index contributed by atoms with van der Waals surface area (Å²) < 4.78 is 0. The summed E-state index contributed by atoms with van der Waals surface area (Å²) in [6, 6.07) is 11.3. The van der Waals surface area contributed by atoms with Gasteiger partial charge in [-0.2, -0.15) is 5.01 Å². The standard InChI is InChI=1S/C20H19N3O2S/c24-18-14-5-1-3-12-4-2-6-15(17(12)14)19(25)23(18)22-20(26)21-16-10-11-7-8-13(16)9-11/h1-6,11,13,16H,7-10H2,(H2,21,22,26)/t11-,13-,16+/m1/s1. The van der Waals surface area contributed by atoms with Gasteiger partial charge in [-0.05, 0) is 60.8 Å². The van der Waals surface area contributed by atoms with E-state index in [1.807, 2.05) is 24.3 Å². The number of carbonyl (C=O) groups is 2. The molecule has 0 radical (unpaired) electrons. The van der Waals surface area contributed by atoms with Gasteiger partial charge >= 0.3 is 0 Å². The summed E-state index contributed by atoms with van der Waals surface area (Å²) in [6.45, 7) is 0. The van der Waals surface area contributed by atoms with E-state index in [0.29, 0.717) is 28.2 Å². The molecule has 2 amide bonds. The molecule has 2 saturated carbocycles. The Kier molecular flexibility index (Phi) is 3.50. The van der Waals surface area contributed by atoms with Crippen molar-refractivity contribution >= 4 is 39.9 Å². The van der Waals surface area contributed by atoms with Gasteiger partial charge in [-0.15, -0.1) is 0 Å². The number of thiocarbonyl (C=S) groups is 1. The molecule has 0 aromatic heterocycles. The van der Waals surface area contributed by atoms with Gasteiger partial charge in [0.15, 0.2) is 5.11 Å². The quantitative estimate of drug-likeness (QED) is 0.633. The van der Waals surface area contributed by atoms with Gasteiger partial charge in [-0.1, -0.05) is 30.7 Å². The first-order chi connectivity index (χ1) is 12.6. The molecule has 2 bridgehead atoms. The number of hydrogen-bond donors (Lipinski definition) is 2. The van der Waals surface area contributed by atoms with Crippen molar-refractivity contribution in [2.45, 2.75) is 31.7 Å². The first kappa shape index (κ1) is 15.8. The van der Waals surface area contributed by atoms with Crippen molar-refractivity contribution in [1.82, 2.24) is 15.8 Å². The van der Waals surface area contributed by atoms with E-state index >= 15 is 0 Å². The molecule has 6 heteroatoms. The van der Waals surface area contributed by atoms with Crippen LogP contribution in [0.25, 0.3) is 10.8 Å². The highest BCUT2D eigenvalue weighted by atomic mass is 32.1. The highest BCUT2D eigenvalue weighted by Crippen LogP contribution is 2.44. The third kappa shape index (κ3) is 2.32. The smallest absolute Gasteiger partial charge is 0.280 e. The van der Waals surface area contributed by atoms with Crippen LogP contribution in [0.5, 0.6) is 0 Å². The second-order valence-corrected chi connectivity index (χ2v) is 7.93. The van der Waals surface area contributed by atoms with Crippen molar-refractivity contribution in [2.75, 3.05) is 0 Å². The van der Waals surface area contributed by atoms with Crippen molar-refractivity contribution in [2.24, 2.45) is 11.8 Å². The number of hydrazine groups is 1. The van der Waals surface area contributed by atoms with Crippen LogP contribution in [0.3, 0.4) is 0 Å². The van der Waals surface area contributed by atoms with E-state index in [-0.39, 0.29) is 11.8 Å². The lowest BCUT2D eigenvalue weighted by molar-refractivity contribution is 0.0565. The summed E-state index contributed by atoms with van der Waals surface area (Å²) >= 11 is 5.40. The monoisotopic (exact) mass is 365 g/mol. The molecule has 2 aromatic carbocycles. The summed E-state index contributed by atoms with van der Waals surface area (Å²) in [7, 11) is 0. The molecular weight excluding hydrogens is 346 g/mol. The molecule has 5 nitrogen and oxygen atoms in total. The fourth-order valence-corrected chi connectivity index (χ4v) is 5.10. The molecule has 5 rings (SSSR count). The van der Waals surface area contributed by atoms with Gasteiger partial charge in [0.1, 0.15) is 0 Å². The molecule has 0 spiro atoms. The van der Waals surface area contributed by atoms with Gasteiger partial charge in [0.2, 0.25) is 0 Å². The van der Waals surface area contributed by atoms with Gasteiger partial charge in [-0.3, -0.25) is 15.0 Å². The fourth-order valence-electron chi connectivity index (χ4n) is 4.86. The molecule has 0 saturated heterocycles. The summed E-state index contributed by atoms with van der Waals surface area (Å²) in [5.41, 5.74) is 3.89. The van der Waals surface area contributed by atoms with Crippen molar-refractivity contribution in [3.05, 3.63) is 47.5 Å². The van der Waals surface area contributed by atoms with Crippen LogP contribution in [0.4, 0.5) is 0 Å². The van der Waals surface area contributed by atoms with E-state index < -0.39 is 0 Å². The molecule has 1 aliphatic heterocycles. The molecule has 0 unspecified atom stereocenters. The zero-order valence-corrected chi connectivity index (χ0v) is 15.0. The second kappa shape index (κ2) is 5.77. The maximum Gasteiger partial charge on any atom is 0.280 e. The van der Waals surface area contributed by atoms with Crippen LogP contribution in [0.15, 0.2) is 36.4 Å². The molecule has 2 N–H and O–H groups in total. The van der Waals surface area contributed by atoms with E-state index in [2.05, 4.69) is 10.7 Å². The zero-order chi connectivity index (χ0) is 17.8. The maximum absolute atomic E-state index is 12.9. The van der Waals surface area contributed by atoms with Crippen molar-refractivity contribution in [1.29, 1.82) is 0 Å². The predicted molar refractivity (Wildman–Crippen MR) is 103 cm³/mol. The Bertz CT molecular complexity index is 906. The van der Waals surface area contributed by atoms with Gasteiger partial charge in [0, 0.05) is 11.4 Å². The Labute approximate surface area is 156 Å². The molecule has 3 aliphatic rings. The Balaban J connectivity index is 1.39. The molecule has 2 aliphatic carbocycles. The van der Waals surface area contributed by atoms with E-state index in [0.717, 1.165) is 28.1 Å². The number of carbonyl (C=O) groups excluding carboxylic acids is 2. The van der Waals surface area contributed by atoms with Gasteiger partial charge in [-0.25, -0.2) is 0 Å². The average Bonchev–Trinajstić information content (AvgIpc) is 3.26. The van der Waals surface area contributed by atoms with Crippen LogP contribution in [0.1, 0.15) is 46.4 Å². The Hall–Kier alpha value is -2.47. The summed E-state index contributed by atoms with van der Waals surface area (Å²) in [5, 5.41) is 6.32. The lowest BCUT2D eigenvalue weighted by Crippen LogP contribution is -2.56. The molecular formula is C20H19N3O2S. The summed E-state index contributed by atoms with van der Waals surface area (Å²) in [4.78, 5) is 25.7. The van der Waals surface area contributed by atoms with Crippen molar-refractivity contribution < 1.29 is 9.59 Å². The molecule has 2 aromatic rings. The number of imide groups is 1. The third-order valence-corrected chi connectivity index (χ3v) is 6.25. The predicted octanol–water partition coefficient (Wildman–Crippen LogP) is 3.00. The minimum Gasteiger partial charge on any atom is -0.358 e. The topological polar surface area (TPSA) is 61.4 Å². The number of nitrogens with zero attached hydrogens (tertiary/aromatic N) is 1. The summed E-state index contributed by atoms with van der Waals surface area (Å²) in [6.07, 6.45) is 4.93. The number of rotatable bonds is 2. The lowest BCUT2D eigenvalue weighted by Gasteiger charge is -2.30. The highest BCUT2D eigenvalue weighted by Gasteiger charge is 2.40. The minimum atomic E-state index is -0.364. The number of benzene rings is 2. The number of hydrogen-bond acceptors (Lipinski definition) is 3. The van der Waals surface area contributed by atoms with Crippen LogP contribution in [-0.2, 0) is 0 Å². The maximum atomic E-state index is 12.9. The van der Waals surface area contributed by atoms with Gasteiger partial charge in [0.25, 0.3) is 11.8 Å². The molecule has 3 atom stereocenters. The molecule has 26 heavy (non-hydrogen) atoms. The first-order valence-electron chi connectivity index (χ1n) is 9.09. The number of fused-ring (bicyclic) bond motifs is 2. The zero-order valence-electron chi connectivity index (χ0n) is 14.2. The fraction of sp³-hybridized carbons (Fsp3) is 0.350. The second-order valence-electron chi connectivity index (χ2n) is 7.52. The highest BCUT2D eigenvalue weighted by molar-refractivity contribution is 7.80. The third-order valence-electron chi connectivity index (χ3n) is 6.04. The Morgan fingerprint density at radius 1 is 1.00 bits per heavy atom. The van der Waals surface area contributed by atoms with Crippen LogP contribution < -0.4 is 10.7 Å². The number of amides is 2. The molecule has 132 valence electrons. The van der Waals surface area contributed by atoms with Crippen molar-refractivity contribution in [3.63, 3.8) is 0 Å². The molecule has 2 fully saturated rings. The van der Waals surface area contributed by atoms with Crippen LogP contribution in [0, 0.1) is 11.8 Å².